The Morgan fingerprint density at radius 1 is 1.10 bits per heavy atom. The Hall–Kier alpha value is -2.80. The van der Waals surface area contributed by atoms with Gasteiger partial charge in [-0.2, -0.15) is 0 Å². The van der Waals surface area contributed by atoms with Gasteiger partial charge in [-0.05, 0) is 42.0 Å². The number of halogens is 4. The molecule has 4 rings (SSSR count). The van der Waals surface area contributed by atoms with E-state index in [1.54, 1.807) is 30.3 Å². The van der Waals surface area contributed by atoms with Crippen molar-refractivity contribution in [1.82, 2.24) is 0 Å². The van der Waals surface area contributed by atoms with Gasteiger partial charge in [0.1, 0.15) is 23.1 Å². The molecule has 9 heteroatoms. The molecule has 31 heavy (non-hydrogen) atoms. The first-order valence-corrected chi connectivity index (χ1v) is 10.2. The minimum atomic E-state index is -0.622. The molecule has 0 aliphatic carbocycles. The molecule has 0 fully saturated rings. The maximum absolute atomic E-state index is 13.7. The largest absolute Gasteiger partial charge is 0.496 e. The van der Waals surface area contributed by atoms with Crippen LogP contribution in [0.1, 0.15) is 15.9 Å². The summed E-state index contributed by atoms with van der Waals surface area (Å²) in [4.78, 5) is 17.4. The number of hydrogen-bond acceptors (Lipinski definition) is 3. The molecular formula is C22H15Cl3FN3O2. The summed E-state index contributed by atoms with van der Waals surface area (Å²) >= 11 is 18.1. The van der Waals surface area contributed by atoms with Gasteiger partial charge in [-0.1, -0.05) is 40.9 Å². The van der Waals surface area contributed by atoms with E-state index in [9.17, 15) is 9.18 Å². The normalized spacial score (nSPS) is 13.6. The van der Waals surface area contributed by atoms with Crippen LogP contribution in [0.3, 0.4) is 0 Å². The second-order valence-corrected chi connectivity index (χ2v) is 7.94. The second kappa shape index (κ2) is 8.75. The summed E-state index contributed by atoms with van der Waals surface area (Å²) in [5.74, 6) is -0.0795. The van der Waals surface area contributed by atoms with Crippen LogP contribution in [0, 0.1) is 5.82 Å². The molecule has 0 unspecified atom stereocenters. The molecule has 0 radical (unpaired) electrons. The van der Waals surface area contributed by atoms with Gasteiger partial charge in [0, 0.05) is 23.9 Å². The van der Waals surface area contributed by atoms with Gasteiger partial charge in [-0.25, -0.2) is 9.38 Å². The lowest BCUT2D eigenvalue weighted by atomic mass is 10.1. The van der Waals surface area contributed by atoms with Crippen molar-refractivity contribution in [1.29, 1.82) is 0 Å². The minimum Gasteiger partial charge on any atom is -0.496 e. The number of hydrogen-bond donors (Lipinski definition) is 2. The van der Waals surface area contributed by atoms with Crippen LogP contribution in [0.15, 0.2) is 53.5 Å². The number of amidine groups is 1. The van der Waals surface area contributed by atoms with Gasteiger partial charge < -0.3 is 15.4 Å². The minimum absolute atomic E-state index is 0.0235. The van der Waals surface area contributed by atoms with Crippen LogP contribution in [0.4, 0.5) is 21.5 Å². The van der Waals surface area contributed by atoms with E-state index < -0.39 is 11.7 Å². The number of benzene rings is 3. The summed E-state index contributed by atoms with van der Waals surface area (Å²) in [6, 6.07) is 12.6. The predicted octanol–water partition coefficient (Wildman–Crippen LogP) is 6.75. The maximum Gasteiger partial charge on any atom is 0.259 e. The van der Waals surface area contributed by atoms with Crippen molar-refractivity contribution >= 4 is 63.6 Å². The Kier molecular flexibility index (Phi) is 6.05. The highest BCUT2D eigenvalue weighted by Crippen LogP contribution is 2.36. The molecule has 5 nitrogen and oxygen atoms in total. The van der Waals surface area contributed by atoms with Crippen LogP contribution in [0.25, 0.3) is 0 Å². The molecular weight excluding hydrogens is 464 g/mol. The van der Waals surface area contributed by atoms with Crippen LogP contribution in [-0.2, 0) is 6.42 Å². The summed E-state index contributed by atoms with van der Waals surface area (Å²) in [5, 5.41) is 6.70. The van der Waals surface area contributed by atoms with Crippen LogP contribution < -0.4 is 15.4 Å². The fourth-order valence-electron chi connectivity index (χ4n) is 3.18. The van der Waals surface area contributed by atoms with E-state index in [-0.39, 0.29) is 10.7 Å². The first-order chi connectivity index (χ1) is 14.9. The molecule has 0 bridgehead atoms. The lowest BCUT2D eigenvalue weighted by Gasteiger charge is -2.12. The average molecular weight is 479 g/mol. The highest BCUT2D eigenvalue weighted by Gasteiger charge is 2.23. The van der Waals surface area contributed by atoms with Crippen LogP contribution in [0.2, 0.25) is 15.1 Å². The van der Waals surface area contributed by atoms with E-state index in [0.717, 1.165) is 17.3 Å². The number of methoxy groups -OCH3 is 1. The molecule has 3 aromatic carbocycles. The number of fused-ring (bicyclic) bond motifs is 1. The number of nitrogens with one attached hydrogen (secondary N) is 2. The summed E-state index contributed by atoms with van der Waals surface area (Å²) in [7, 11) is 1.47. The standard InChI is InChI=1S/C22H15Cl3FN3O2/c1-31-19-10-18-11(8-20(28-18)29-21-15(24)3-2-4-16(21)25)7-13(19)22(30)27-12-5-6-14(23)17(26)9-12/h2-7,9-10H,8H2,1H3,(H,27,30)(H,28,29). The van der Waals surface area contributed by atoms with Crippen molar-refractivity contribution < 1.29 is 13.9 Å². The molecule has 0 aromatic heterocycles. The molecule has 0 saturated heterocycles. The van der Waals surface area contributed by atoms with Crippen LogP contribution in [-0.4, -0.2) is 18.9 Å². The molecule has 158 valence electrons. The highest BCUT2D eigenvalue weighted by atomic mass is 35.5. The van der Waals surface area contributed by atoms with Gasteiger partial charge in [0.15, 0.2) is 0 Å². The number of amides is 1. The molecule has 1 aliphatic heterocycles. The number of carbonyl (C=O) groups is 1. The van der Waals surface area contributed by atoms with Crippen LogP contribution >= 0.6 is 34.8 Å². The lowest BCUT2D eigenvalue weighted by molar-refractivity contribution is 0.102. The van der Waals surface area contributed by atoms with Gasteiger partial charge in [0.2, 0.25) is 0 Å². The SMILES string of the molecule is COc1cc2c(cc1C(=O)Nc1ccc(Cl)c(F)c1)CC(=Nc1c(Cl)cccc1Cl)N2. The van der Waals surface area contributed by atoms with Crippen molar-refractivity contribution in [3.63, 3.8) is 0 Å². The topological polar surface area (TPSA) is 62.7 Å². The predicted molar refractivity (Wildman–Crippen MR) is 123 cm³/mol. The third kappa shape index (κ3) is 4.46. The Balaban J connectivity index is 1.62. The summed E-state index contributed by atoms with van der Waals surface area (Å²) in [6.07, 6.45) is 0.441. The van der Waals surface area contributed by atoms with Crippen molar-refractivity contribution in [3.05, 3.63) is 80.5 Å². The fourth-order valence-corrected chi connectivity index (χ4v) is 3.78. The first kappa shape index (κ1) is 21.4. The average Bonchev–Trinajstić information content (AvgIpc) is 3.14. The van der Waals surface area contributed by atoms with Gasteiger partial charge in [-0.15, -0.1) is 0 Å². The number of nitrogens with zero attached hydrogens (tertiary/aromatic N) is 1. The monoisotopic (exact) mass is 477 g/mol. The second-order valence-electron chi connectivity index (χ2n) is 6.72. The molecule has 1 heterocycles. The number of rotatable bonds is 4. The first-order valence-electron chi connectivity index (χ1n) is 9.11. The molecule has 0 spiro atoms. The Labute approximate surface area is 192 Å². The fraction of sp³-hybridized carbons (Fsp3) is 0.0909. The van der Waals surface area contributed by atoms with E-state index in [2.05, 4.69) is 15.6 Å². The van der Waals surface area contributed by atoms with Gasteiger partial charge in [-0.3, -0.25) is 4.79 Å². The number of anilines is 2. The van der Waals surface area contributed by atoms with E-state index >= 15 is 0 Å². The molecule has 0 atom stereocenters. The Bertz CT molecular complexity index is 1210. The smallest absolute Gasteiger partial charge is 0.259 e. The van der Waals surface area contributed by atoms with E-state index in [0.29, 0.717) is 39.3 Å². The zero-order valence-electron chi connectivity index (χ0n) is 16.1. The molecule has 1 amide bonds. The third-order valence-electron chi connectivity index (χ3n) is 4.67. The molecule has 3 aromatic rings. The van der Waals surface area contributed by atoms with Crippen molar-refractivity contribution in [2.24, 2.45) is 4.99 Å². The summed E-state index contributed by atoms with van der Waals surface area (Å²) in [6.45, 7) is 0. The van der Waals surface area contributed by atoms with Crippen molar-refractivity contribution in [2.45, 2.75) is 6.42 Å². The lowest BCUT2D eigenvalue weighted by Crippen LogP contribution is -2.13. The van der Waals surface area contributed by atoms with Crippen molar-refractivity contribution in [3.8, 4) is 5.75 Å². The van der Waals surface area contributed by atoms with Gasteiger partial charge in [0.05, 0.1) is 27.7 Å². The highest BCUT2D eigenvalue weighted by molar-refractivity contribution is 6.39. The quantitative estimate of drug-likeness (QED) is 0.436. The van der Waals surface area contributed by atoms with Crippen molar-refractivity contribution in [2.75, 3.05) is 17.7 Å². The number of para-hydroxylation sites is 1. The summed E-state index contributed by atoms with van der Waals surface area (Å²) in [5.41, 5.74) is 2.65. The van der Waals surface area contributed by atoms with E-state index in [1.807, 2.05) is 0 Å². The van der Waals surface area contributed by atoms with Gasteiger partial charge in [0.25, 0.3) is 5.91 Å². The van der Waals surface area contributed by atoms with E-state index in [1.165, 1.54) is 19.2 Å². The summed E-state index contributed by atoms with van der Waals surface area (Å²) < 4.78 is 19.1. The maximum atomic E-state index is 13.7. The zero-order chi connectivity index (χ0) is 22.1. The number of carbonyl (C=O) groups excluding carboxylic acids is 1. The molecule has 2 N–H and O–H groups in total. The zero-order valence-corrected chi connectivity index (χ0v) is 18.4. The molecule has 1 aliphatic rings. The third-order valence-corrected chi connectivity index (χ3v) is 5.59. The number of aliphatic imine (C=N–C) groups is 1. The molecule has 0 saturated carbocycles. The number of ether oxygens (including phenoxy) is 1. The Morgan fingerprint density at radius 3 is 2.52 bits per heavy atom. The van der Waals surface area contributed by atoms with Gasteiger partial charge >= 0.3 is 0 Å². The Morgan fingerprint density at radius 2 is 1.84 bits per heavy atom. The van der Waals surface area contributed by atoms with E-state index in [4.69, 9.17) is 39.5 Å². The van der Waals surface area contributed by atoms with Crippen LogP contribution in [0.5, 0.6) is 5.75 Å².